The Kier molecular flexibility index (Phi) is 7.85. The number of nitrogens with one attached hydrogen (secondary N) is 3. The van der Waals surface area contributed by atoms with E-state index in [-0.39, 0.29) is 17.7 Å². The first-order valence-corrected chi connectivity index (χ1v) is 13.0. The number of aromatic amines is 1. The van der Waals surface area contributed by atoms with Gasteiger partial charge in [0.15, 0.2) is 0 Å². The van der Waals surface area contributed by atoms with Crippen molar-refractivity contribution in [2.24, 2.45) is 5.92 Å². The summed E-state index contributed by atoms with van der Waals surface area (Å²) in [6.45, 7) is 1.96. The predicted molar refractivity (Wildman–Crippen MR) is 149 cm³/mol. The van der Waals surface area contributed by atoms with Gasteiger partial charge in [0, 0.05) is 28.6 Å². The number of imidazole rings is 1. The van der Waals surface area contributed by atoms with Gasteiger partial charge in [0.1, 0.15) is 23.0 Å². The Balaban J connectivity index is 1.44. The maximum atomic E-state index is 13.1. The van der Waals surface area contributed by atoms with Crippen LogP contribution in [0.4, 0.5) is 5.69 Å². The molecule has 2 atom stereocenters. The summed E-state index contributed by atoms with van der Waals surface area (Å²) in [5.41, 5.74) is 3.10. The van der Waals surface area contributed by atoms with Crippen molar-refractivity contribution >= 4 is 46.8 Å². The number of benzene rings is 2. The number of halogens is 2. The van der Waals surface area contributed by atoms with Crippen LogP contribution in [0.15, 0.2) is 67.0 Å². The molecule has 0 aliphatic carbocycles. The third-order valence-electron chi connectivity index (χ3n) is 6.12. The van der Waals surface area contributed by atoms with Gasteiger partial charge in [-0.3, -0.25) is 9.59 Å². The number of aromatic nitrogens is 6. The largest absolute Gasteiger partial charge is 0.342 e. The summed E-state index contributed by atoms with van der Waals surface area (Å²) in [4.78, 5) is 33.5. The molecule has 0 spiro atoms. The molecular weight excluding hydrogens is 539 g/mol. The van der Waals surface area contributed by atoms with E-state index in [2.05, 4.69) is 31.1 Å². The van der Waals surface area contributed by atoms with Gasteiger partial charge in [-0.15, -0.1) is 5.10 Å². The SMILES string of the molecule is CC1/C=C/C[C@H](NC(=O)/C=C/c2cc(Cl)ccc2-n2cnnn2)c2nc(c(Cl)[nH]2)-c2ccccc2NC(=O)C1. The van der Waals surface area contributed by atoms with Crippen LogP contribution in [0.5, 0.6) is 0 Å². The molecule has 1 unspecified atom stereocenters. The van der Waals surface area contributed by atoms with E-state index < -0.39 is 6.04 Å². The number of hydrogen-bond acceptors (Lipinski definition) is 6. The van der Waals surface area contributed by atoms with Crippen LogP contribution in [-0.2, 0) is 9.59 Å². The monoisotopic (exact) mass is 562 g/mol. The van der Waals surface area contributed by atoms with Gasteiger partial charge in [-0.25, -0.2) is 4.98 Å². The molecule has 10 nitrogen and oxygen atoms in total. The standard InChI is InChI=1S/C27H24Cl2N8O2/c1-16-5-4-8-21(27-33-25(26(29)34-27)19-6-2-3-7-20(19)31-24(39)13-16)32-23(38)12-9-17-14-18(28)10-11-22(17)37-15-30-35-36-37/h2-7,9-12,14-16,21H,8,13H2,1H3,(H,31,39)(H,32,38)(H,33,34)/b5-4+,12-9+/t16?,21-/m0/s1. The minimum Gasteiger partial charge on any atom is -0.342 e. The Labute approximate surface area is 234 Å². The van der Waals surface area contributed by atoms with Gasteiger partial charge in [0.25, 0.3) is 0 Å². The Morgan fingerprint density at radius 2 is 2.05 bits per heavy atom. The van der Waals surface area contributed by atoms with Crippen molar-refractivity contribution in [2.45, 2.75) is 25.8 Å². The number of allylic oxidation sites excluding steroid dienone is 1. The molecule has 3 N–H and O–H groups in total. The van der Waals surface area contributed by atoms with Crippen molar-refractivity contribution in [1.82, 2.24) is 35.5 Å². The molecule has 5 rings (SSSR count). The molecule has 1 aliphatic rings. The van der Waals surface area contributed by atoms with Crippen molar-refractivity contribution in [3.05, 3.63) is 88.6 Å². The third kappa shape index (κ3) is 6.24. The van der Waals surface area contributed by atoms with Crippen LogP contribution >= 0.6 is 23.2 Å². The fourth-order valence-electron chi connectivity index (χ4n) is 4.28. The summed E-state index contributed by atoms with van der Waals surface area (Å²) in [6.07, 6.45) is 9.14. The molecule has 39 heavy (non-hydrogen) atoms. The Morgan fingerprint density at radius 3 is 2.87 bits per heavy atom. The number of fused-ring (bicyclic) bond motifs is 4. The minimum absolute atomic E-state index is 0.00317. The number of hydrogen-bond donors (Lipinski definition) is 3. The number of carbonyl (C=O) groups is 2. The highest BCUT2D eigenvalue weighted by Gasteiger charge is 2.22. The highest BCUT2D eigenvalue weighted by molar-refractivity contribution is 6.32. The van der Waals surface area contributed by atoms with E-state index in [4.69, 9.17) is 28.2 Å². The van der Waals surface area contributed by atoms with Gasteiger partial charge in [0.05, 0.1) is 17.4 Å². The second kappa shape index (κ2) is 11.6. The molecule has 0 saturated heterocycles. The maximum Gasteiger partial charge on any atom is 0.244 e. The second-order valence-corrected chi connectivity index (χ2v) is 9.89. The highest BCUT2D eigenvalue weighted by atomic mass is 35.5. The Bertz CT molecular complexity index is 1560. The molecular formula is C27H24Cl2N8O2. The van der Waals surface area contributed by atoms with E-state index in [0.29, 0.717) is 57.0 Å². The number of tetrazole rings is 1. The summed E-state index contributed by atoms with van der Waals surface area (Å²) in [5.74, 6) is 0.0330. The number of rotatable bonds is 4. The van der Waals surface area contributed by atoms with Gasteiger partial charge in [0.2, 0.25) is 11.8 Å². The van der Waals surface area contributed by atoms with E-state index in [1.807, 2.05) is 43.3 Å². The molecule has 3 heterocycles. The fraction of sp³-hybridized carbons (Fsp3) is 0.185. The van der Waals surface area contributed by atoms with E-state index in [9.17, 15) is 9.59 Å². The van der Waals surface area contributed by atoms with Crippen molar-refractivity contribution in [2.75, 3.05) is 5.32 Å². The summed E-state index contributed by atoms with van der Waals surface area (Å²) >= 11 is 12.7. The molecule has 0 saturated carbocycles. The normalized spacial score (nSPS) is 18.4. The lowest BCUT2D eigenvalue weighted by molar-refractivity contribution is -0.117. The number of para-hydroxylation sites is 1. The quantitative estimate of drug-likeness (QED) is 0.233. The summed E-state index contributed by atoms with van der Waals surface area (Å²) in [7, 11) is 0. The fourth-order valence-corrected chi connectivity index (χ4v) is 4.70. The van der Waals surface area contributed by atoms with Crippen molar-refractivity contribution in [1.29, 1.82) is 0 Å². The number of carbonyl (C=O) groups excluding carboxylic acids is 2. The molecule has 1 aliphatic heterocycles. The molecule has 4 aromatic rings. The van der Waals surface area contributed by atoms with E-state index >= 15 is 0 Å². The second-order valence-electron chi connectivity index (χ2n) is 9.08. The number of nitrogens with zero attached hydrogens (tertiary/aromatic N) is 5. The van der Waals surface area contributed by atoms with Crippen molar-refractivity contribution in [3.63, 3.8) is 0 Å². The summed E-state index contributed by atoms with van der Waals surface area (Å²) in [6, 6.07) is 12.0. The zero-order chi connectivity index (χ0) is 27.4. The smallest absolute Gasteiger partial charge is 0.244 e. The lowest BCUT2D eigenvalue weighted by Gasteiger charge is -2.14. The molecule has 2 aromatic carbocycles. The van der Waals surface area contributed by atoms with Gasteiger partial charge in [-0.2, -0.15) is 4.68 Å². The molecule has 198 valence electrons. The molecule has 12 heteroatoms. The number of amides is 2. The molecule has 2 aromatic heterocycles. The van der Waals surface area contributed by atoms with Crippen LogP contribution in [0.25, 0.3) is 23.0 Å². The first-order chi connectivity index (χ1) is 18.9. The van der Waals surface area contributed by atoms with E-state index in [1.54, 1.807) is 24.3 Å². The van der Waals surface area contributed by atoms with E-state index in [1.165, 1.54) is 17.1 Å². The van der Waals surface area contributed by atoms with Gasteiger partial charge in [-0.1, -0.05) is 60.5 Å². The summed E-state index contributed by atoms with van der Waals surface area (Å²) < 4.78 is 1.49. The maximum absolute atomic E-state index is 13.1. The summed E-state index contributed by atoms with van der Waals surface area (Å²) in [5, 5.41) is 18.0. The van der Waals surface area contributed by atoms with Gasteiger partial charge in [-0.05, 0) is 53.1 Å². The van der Waals surface area contributed by atoms with Crippen LogP contribution in [0, 0.1) is 5.92 Å². The topological polar surface area (TPSA) is 130 Å². The average Bonchev–Trinajstić information content (AvgIpc) is 3.57. The zero-order valence-electron chi connectivity index (χ0n) is 20.8. The van der Waals surface area contributed by atoms with Gasteiger partial charge < -0.3 is 15.6 Å². The lowest BCUT2D eigenvalue weighted by atomic mass is 10.0. The van der Waals surface area contributed by atoms with Crippen LogP contribution in [-0.4, -0.2) is 42.0 Å². The Morgan fingerprint density at radius 1 is 1.21 bits per heavy atom. The van der Waals surface area contributed by atoms with Gasteiger partial charge >= 0.3 is 0 Å². The number of H-pyrrole nitrogens is 1. The van der Waals surface area contributed by atoms with Crippen LogP contribution in [0.3, 0.4) is 0 Å². The average molecular weight is 563 g/mol. The van der Waals surface area contributed by atoms with Crippen LogP contribution in [0.1, 0.15) is 37.2 Å². The lowest BCUT2D eigenvalue weighted by Crippen LogP contribution is -2.27. The molecule has 2 amide bonds. The first-order valence-electron chi connectivity index (χ1n) is 12.2. The first kappa shape index (κ1) is 26.3. The molecule has 0 radical (unpaired) electrons. The number of anilines is 1. The molecule has 0 fully saturated rings. The van der Waals surface area contributed by atoms with Crippen LogP contribution in [0.2, 0.25) is 10.2 Å². The van der Waals surface area contributed by atoms with Crippen molar-refractivity contribution < 1.29 is 9.59 Å². The molecule has 2 bridgehead atoms. The van der Waals surface area contributed by atoms with E-state index in [0.717, 1.165) is 0 Å². The predicted octanol–water partition coefficient (Wildman–Crippen LogP) is 5.15. The highest BCUT2D eigenvalue weighted by Crippen LogP contribution is 2.34. The zero-order valence-corrected chi connectivity index (χ0v) is 22.3. The van der Waals surface area contributed by atoms with Crippen molar-refractivity contribution in [3.8, 4) is 16.9 Å². The van der Waals surface area contributed by atoms with Crippen LogP contribution < -0.4 is 10.6 Å². The third-order valence-corrected chi connectivity index (χ3v) is 6.63. The minimum atomic E-state index is -0.508. The Hall–Kier alpha value is -4.28.